The zero-order chi connectivity index (χ0) is 21.8. The molecule has 0 aliphatic carbocycles. The van der Waals surface area contributed by atoms with Crippen molar-refractivity contribution in [1.82, 2.24) is 4.90 Å². The maximum absolute atomic E-state index is 12.6. The van der Waals surface area contributed by atoms with E-state index in [9.17, 15) is 24.8 Å². The van der Waals surface area contributed by atoms with E-state index < -0.39 is 16.6 Å². The number of nitrogens with one attached hydrogen (secondary N) is 1. The number of hydrogen-bond donors (Lipinski definition) is 1. The van der Waals surface area contributed by atoms with Crippen LogP contribution in [0.25, 0.3) is 6.08 Å². The van der Waals surface area contributed by atoms with E-state index in [4.69, 9.17) is 12.2 Å². The first-order valence-corrected chi connectivity index (χ1v) is 10.5. The lowest BCUT2D eigenvalue weighted by atomic mass is 10.2. The van der Waals surface area contributed by atoms with Gasteiger partial charge in [0.05, 0.1) is 9.83 Å². The summed E-state index contributed by atoms with van der Waals surface area (Å²) >= 11 is 9.76. The summed E-state index contributed by atoms with van der Waals surface area (Å²) in [7, 11) is 0. The van der Waals surface area contributed by atoms with Crippen LogP contribution >= 0.6 is 39.9 Å². The lowest BCUT2D eigenvalue weighted by Crippen LogP contribution is -2.31. The van der Waals surface area contributed by atoms with Gasteiger partial charge in [0.25, 0.3) is 11.6 Å². The van der Waals surface area contributed by atoms with Gasteiger partial charge in [-0.1, -0.05) is 63.9 Å². The van der Waals surface area contributed by atoms with Crippen molar-refractivity contribution < 1.29 is 19.6 Å². The average Bonchev–Trinajstić information content (AvgIpc) is 2.94. The number of nitro benzene ring substituents is 1. The second kappa shape index (κ2) is 9.37. The highest BCUT2D eigenvalue weighted by Gasteiger charge is 2.32. The van der Waals surface area contributed by atoms with Crippen molar-refractivity contribution in [2.45, 2.75) is 6.42 Å². The molecule has 2 amide bonds. The molecule has 0 unspecified atom stereocenters. The zero-order valence-corrected chi connectivity index (χ0v) is 18.4. The minimum Gasteiger partial charge on any atom is -0.871 e. The number of non-ortho nitro benzene ring substituents is 1. The van der Waals surface area contributed by atoms with Crippen LogP contribution in [0.2, 0.25) is 0 Å². The van der Waals surface area contributed by atoms with E-state index in [1.165, 1.54) is 4.90 Å². The number of hydrogen-bond acceptors (Lipinski definition) is 7. The zero-order valence-electron chi connectivity index (χ0n) is 15.2. The predicted molar refractivity (Wildman–Crippen MR) is 120 cm³/mol. The first-order chi connectivity index (χ1) is 14.2. The first kappa shape index (κ1) is 21.9. The molecule has 0 radical (unpaired) electrons. The summed E-state index contributed by atoms with van der Waals surface area (Å²) < 4.78 is 1.20. The van der Waals surface area contributed by atoms with Gasteiger partial charge in [-0.2, -0.15) is 0 Å². The number of nitrogens with zero attached hydrogens (tertiary/aromatic N) is 2. The Bertz CT molecular complexity index is 1090. The molecule has 3 rings (SSSR count). The van der Waals surface area contributed by atoms with Gasteiger partial charge in [0.2, 0.25) is 5.91 Å². The van der Waals surface area contributed by atoms with Crippen molar-refractivity contribution >= 4 is 73.5 Å². The van der Waals surface area contributed by atoms with Crippen LogP contribution in [-0.2, 0) is 9.59 Å². The van der Waals surface area contributed by atoms with Crippen LogP contribution in [0.3, 0.4) is 0 Å². The minimum absolute atomic E-state index is 0.0233. The summed E-state index contributed by atoms with van der Waals surface area (Å²) in [6, 6.07) is 10.5. The van der Waals surface area contributed by atoms with E-state index >= 15 is 0 Å². The summed E-state index contributed by atoms with van der Waals surface area (Å²) in [5, 5.41) is 25.0. The number of carbonyl (C=O) groups excluding carboxylic acids is 2. The Morgan fingerprint density at radius 1 is 1.30 bits per heavy atom. The number of thioether (sulfide) groups is 1. The number of thiocarbonyl (C=S) groups is 1. The van der Waals surface area contributed by atoms with Gasteiger partial charge in [0, 0.05) is 35.3 Å². The number of carbonyl (C=O) groups is 2. The number of amides is 2. The Morgan fingerprint density at radius 3 is 2.77 bits per heavy atom. The lowest BCUT2D eigenvalue weighted by molar-refractivity contribution is -0.385. The molecule has 1 aliphatic rings. The number of nitro groups is 1. The number of halogens is 1. The highest BCUT2D eigenvalue weighted by atomic mass is 79.9. The molecular weight excluding hydrogens is 494 g/mol. The van der Waals surface area contributed by atoms with Gasteiger partial charge in [-0.25, -0.2) is 0 Å². The number of benzene rings is 2. The SMILES string of the molecule is O=C(CCN1C(=O)/C(=C\c2cccc(Br)c2)SC1=S)Nc1cc([N+](=O)[O-])ccc1[O-]. The van der Waals surface area contributed by atoms with Crippen molar-refractivity contribution in [1.29, 1.82) is 0 Å². The molecule has 1 heterocycles. The largest absolute Gasteiger partial charge is 0.871 e. The summed E-state index contributed by atoms with van der Waals surface area (Å²) in [4.78, 5) is 36.8. The Hall–Kier alpha value is -2.76. The summed E-state index contributed by atoms with van der Waals surface area (Å²) in [5.74, 6) is -1.41. The van der Waals surface area contributed by atoms with Gasteiger partial charge in [-0.3, -0.25) is 24.6 Å². The highest BCUT2D eigenvalue weighted by molar-refractivity contribution is 9.10. The van der Waals surface area contributed by atoms with Crippen molar-refractivity contribution in [2.75, 3.05) is 11.9 Å². The van der Waals surface area contributed by atoms with Crippen LogP contribution in [0.15, 0.2) is 51.8 Å². The molecule has 30 heavy (non-hydrogen) atoms. The van der Waals surface area contributed by atoms with Crippen LogP contribution in [0.5, 0.6) is 5.75 Å². The van der Waals surface area contributed by atoms with E-state index in [0.29, 0.717) is 9.23 Å². The molecule has 0 saturated carbocycles. The Labute approximate surface area is 189 Å². The summed E-state index contributed by atoms with van der Waals surface area (Å²) in [6.45, 7) is 0.0233. The van der Waals surface area contributed by atoms with Crippen LogP contribution in [0.4, 0.5) is 11.4 Å². The molecule has 2 aromatic carbocycles. The molecule has 0 bridgehead atoms. The molecule has 11 heteroatoms. The second-order valence-corrected chi connectivity index (χ2v) is 8.72. The quantitative estimate of drug-likeness (QED) is 0.275. The third kappa shape index (κ3) is 5.23. The maximum Gasteiger partial charge on any atom is 0.271 e. The van der Waals surface area contributed by atoms with E-state index in [1.807, 2.05) is 24.3 Å². The topological polar surface area (TPSA) is 116 Å². The van der Waals surface area contributed by atoms with Gasteiger partial charge in [0.15, 0.2) is 0 Å². The van der Waals surface area contributed by atoms with Crippen LogP contribution in [0, 0.1) is 10.1 Å². The monoisotopic (exact) mass is 506 g/mol. The van der Waals surface area contributed by atoms with E-state index in [-0.39, 0.29) is 30.2 Å². The van der Waals surface area contributed by atoms with Crippen LogP contribution < -0.4 is 10.4 Å². The fourth-order valence-electron chi connectivity index (χ4n) is 2.60. The van der Waals surface area contributed by atoms with Gasteiger partial charge < -0.3 is 10.4 Å². The summed E-state index contributed by atoms with van der Waals surface area (Å²) in [5.41, 5.74) is 0.338. The Kier molecular flexibility index (Phi) is 6.85. The van der Waals surface area contributed by atoms with E-state index in [0.717, 1.165) is 40.0 Å². The lowest BCUT2D eigenvalue weighted by Gasteiger charge is -2.16. The maximum atomic E-state index is 12.6. The van der Waals surface area contributed by atoms with Crippen molar-refractivity contribution in [2.24, 2.45) is 0 Å². The molecule has 2 aromatic rings. The summed E-state index contributed by atoms with van der Waals surface area (Å²) in [6.07, 6.45) is 1.59. The third-order valence-electron chi connectivity index (χ3n) is 4.03. The van der Waals surface area contributed by atoms with Crippen LogP contribution in [0.1, 0.15) is 12.0 Å². The third-order valence-corrected chi connectivity index (χ3v) is 5.90. The first-order valence-electron chi connectivity index (χ1n) is 8.51. The molecule has 1 fully saturated rings. The van der Waals surface area contributed by atoms with Crippen molar-refractivity contribution in [3.05, 3.63) is 67.5 Å². The predicted octanol–water partition coefficient (Wildman–Crippen LogP) is 3.66. The molecule has 1 aliphatic heterocycles. The van der Waals surface area contributed by atoms with Crippen LogP contribution in [-0.4, -0.2) is 32.5 Å². The molecule has 1 saturated heterocycles. The number of rotatable bonds is 6. The van der Waals surface area contributed by atoms with Gasteiger partial charge in [-0.15, -0.1) is 0 Å². The van der Waals surface area contributed by atoms with E-state index in [1.54, 1.807) is 6.08 Å². The van der Waals surface area contributed by atoms with Crippen molar-refractivity contribution in [3.8, 4) is 5.75 Å². The Morgan fingerprint density at radius 2 is 2.07 bits per heavy atom. The molecule has 0 aromatic heterocycles. The smallest absolute Gasteiger partial charge is 0.271 e. The molecule has 1 N–H and O–H groups in total. The number of anilines is 1. The minimum atomic E-state index is -0.660. The molecule has 154 valence electrons. The fraction of sp³-hybridized carbons (Fsp3) is 0.105. The highest BCUT2D eigenvalue weighted by Crippen LogP contribution is 2.33. The van der Waals surface area contributed by atoms with E-state index in [2.05, 4.69) is 21.2 Å². The van der Waals surface area contributed by atoms with Crippen molar-refractivity contribution in [3.63, 3.8) is 0 Å². The molecule has 8 nitrogen and oxygen atoms in total. The van der Waals surface area contributed by atoms with Gasteiger partial charge in [-0.05, 0) is 23.8 Å². The van der Waals surface area contributed by atoms with Gasteiger partial charge >= 0.3 is 0 Å². The average molecular weight is 507 g/mol. The molecule has 0 atom stereocenters. The standard InChI is InChI=1S/C19H14BrN3O5S2/c20-12-3-1-2-11(8-12)9-16-18(26)22(19(29)30-16)7-6-17(25)21-14-10-13(23(27)28)4-5-15(14)24/h1-5,8-10,24H,6-7H2,(H,21,25)/p-1/b16-9+. The Balaban J connectivity index is 1.64. The molecular formula is C19H13BrN3O5S2-. The van der Waals surface area contributed by atoms with Gasteiger partial charge in [0.1, 0.15) is 4.32 Å². The second-order valence-electron chi connectivity index (χ2n) is 6.12. The molecule has 0 spiro atoms. The normalized spacial score (nSPS) is 15.0. The fourth-order valence-corrected chi connectivity index (χ4v) is 4.32.